The normalized spacial score (nSPS) is 29.6. The van der Waals surface area contributed by atoms with Gasteiger partial charge in [0, 0.05) is 5.08 Å². The summed E-state index contributed by atoms with van der Waals surface area (Å²) in [5.41, 5.74) is -0.0486. The minimum Gasteiger partial charge on any atom is -0.456 e. The molecule has 2 aliphatic heterocycles. The fourth-order valence-electron chi connectivity index (χ4n) is 3.47. The number of hydrogen-bond donors (Lipinski definition) is 4. The standard InChI is InChI=1S/C24H36N4O6S2/c1-6-16-20(30)27-19(14(4)5)24(33)34-15-9-7-8-10-35-12-36-23(22(32)25-16)28-21(31)18(13(2)3)26-17(29)11-15/h6-7,9,13-15,18-19,23H,8,10-12H2,1-5H3,(H,25,32)(H,26,29)(H,27,30)(H,28,31)/b9-7+,16-6-/t15-,18-,19+,23+/m1/s1. The Kier molecular flexibility index (Phi) is 11.8. The van der Waals surface area contributed by atoms with E-state index in [1.54, 1.807) is 52.5 Å². The Labute approximate surface area is 220 Å². The molecule has 4 amide bonds. The molecule has 1 fully saturated rings. The van der Waals surface area contributed by atoms with Crippen LogP contribution in [0.5, 0.6) is 0 Å². The zero-order valence-corrected chi connectivity index (χ0v) is 22.9. The Morgan fingerprint density at radius 1 is 0.972 bits per heavy atom. The van der Waals surface area contributed by atoms with Crippen molar-refractivity contribution >= 4 is 53.1 Å². The number of thioether (sulfide) groups is 2. The van der Waals surface area contributed by atoms with E-state index < -0.39 is 53.2 Å². The zero-order chi connectivity index (χ0) is 26.8. The minimum atomic E-state index is -1.00. The second-order valence-corrected chi connectivity index (χ2v) is 11.7. The van der Waals surface area contributed by atoms with Crippen LogP contribution in [0.15, 0.2) is 23.9 Å². The molecule has 0 radical (unpaired) electrons. The summed E-state index contributed by atoms with van der Waals surface area (Å²) < 4.78 is 5.65. The molecule has 2 bridgehead atoms. The summed E-state index contributed by atoms with van der Waals surface area (Å²) in [6.07, 6.45) is 4.52. The predicted octanol–water partition coefficient (Wildman–Crippen LogP) is 1.43. The molecule has 200 valence electrons. The van der Waals surface area contributed by atoms with Crippen molar-refractivity contribution in [3.63, 3.8) is 0 Å². The highest BCUT2D eigenvalue weighted by Gasteiger charge is 2.33. The molecule has 0 unspecified atom stereocenters. The monoisotopic (exact) mass is 540 g/mol. The molecule has 1 saturated heterocycles. The Hall–Kier alpha value is -2.47. The van der Waals surface area contributed by atoms with Crippen LogP contribution < -0.4 is 21.3 Å². The quantitative estimate of drug-likeness (QED) is 0.234. The molecular formula is C24H36N4O6S2. The van der Waals surface area contributed by atoms with E-state index >= 15 is 0 Å². The van der Waals surface area contributed by atoms with Gasteiger partial charge in [0.2, 0.25) is 11.8 Å². The van der Waals surface area contributed by atoms with Gasteiger partial charge in [0.05, 0.1) is 6.42 Å². The average Bonchev–Trinajstić information content (AvgIpc) is 2.81. The van der Waals surface area contributed by atoms with E-state index in [1.807, 2.05) is 6.08 Å². The van der Waals surface area contributed by atoms with Gasteiger partial charge in [-0.3, -0.25) is 19.2 Å². The van der Waals surface area contributed by atoms with Gasteiger partial charge in [0.25, 0.3) is 11.8 Å². The zero-order valence-electron chi connectivity index (χ0n) is 21.3. The van der Waals surface area contributed by atoms with Crippen LogP contribution in [0.25, 0.3) is 0 Å². The summed E-state index contributed by atoms with van der Waals surface area (Å²) >= 11 is 2.79. The number of rotatable bonds is 2. The molecular weight excluding hydrogens is 504 g/mol. The molecule has 0 aromatic rings. The molecule has 0 aromatic carbocycles. The van der Waals surface area contributed by atoms with E-state index in [2.05, 4.69) is 21.3 Å². The predicted molar refractivity (Wildman–Crippen MR) is 141 cm³/mol. The van der Waals surface area contributed by atoms with E-state index in [0.717, 1.165) is 5.75 Å². The van der Waals surface area contributed by atoms with Gasteiger partial charge in [-0.25, -0.2) is 4.79 Å². The van der Waals surface area contributed by atoms with Crippen molar-refractivity contribution in [2.24, 2.45) is 11.8 Å². The third-order valence-electron chi connectivity index (χ3n) is 5.53. The molecule has 12 heteroatoms. The summed E-state index contributed by atoms with van der Waals surface area (Å²) in [5, 5.41) is 10.1. The van der Waals surface area contributed by atoms with Gasteiger partial charge in [-0.05, 0) is 37.0 Å². The molecule has 10 nitrogen and oxygen atoms in total. The number of carbonyl (C=O) groups is 5. The fraction of sp³-hybridized carbons (Fsp3) is 0.625. The summed E-state index contributed by atoms with van der Waals surface area (Å²) in [6.45, 7) is 8.65. The molecule has 0 aliphatic carbocycles. The lowest BCUT2D eigenvalue weighted by Gasteiger charge is -2.27. The Morgan fingerprint density at radius 2 is 1.67 bits per heavy atom. The Morgan fingerprint density at radius 3 is 2.31 bits per heavy atom. The second kappa shape index (κ2) is 14.3. The topological polar surface area (TPSA) is 143 Å². The van der Waals surface area contributed by atoms with Crippen LogP contribution in [0.2, 0.25) is 0 Å². The van der Waals surface area contributed by atoms with E-state index in [0.29, 0.717) is 11.5 Å². The summed E-state index contributed by atoms with van der Waals surface area (Å²) in [6, 6.07) is -1.91. The highest BCUT2D eigenvalue weighted by Crippen LogP contribution is 2.20. The number of carbonyl (C=O) groups excluding carboxylic acids is 5. The number of nitrogens with one attached hydrogen (secondary N) is 4. The SMILES string of the molecule is C/C=C1\NC(=O)[C@H]2NC(=O)[C@@H](C(C)C)NC(=O)C[C@@H](/C=C/CCSCS2)OC(=O)[C@H](C(C)C)NC1=O. The largest absolute Gasteiger partial charge is 0.456 e. The van der Waals surface area contributed by atoms with Crippen molar-refractivity contribution in [3.05, 3.63) is 23.9 Å². The Bertz CT molecular complexity index is 905. The lowest BCUT2D eigenvalue weighted by molar-refractivity contribution is -0.153. The van der Waals surface area contributed by atoms with Crippen molar-refractivity contribution in [1.82, 2.24) is 21.3 Å². The van der Waals surface area contributed by atoms with Crippen molar-refractivity contribution in [3.8, 4) is 0 Å². The minimum absolute atomic E-state index is 0.0486. The second-order valence-electron chi connectivity index (χ2n) is 9.15. The van der Waals surface area contributed by atoms with Crippen LogP contribution in [0, 0.1) is 11.8 Å². The van der Waals surface area contributed by atoms with Gasteiger partial charge in [0.15, 0.2) is 5.37 Å². The van der Waals surface area contributed by atoms with Gasteiger partial charge < -0.3 is 26.0 Å². The molecule has 36 heavy (non-hydrogen) atoms. The third-order valence-corrected chi connectivity index (χ3v) is 7.93. The van der Waals surface area contributed by atoms with Gasteiger partial charge in [-0.15, -0.1) is 11.8 Å². The lowest BCUT2D eigenvalue weighted by atomic mass is 10.0. The van der Waals surface area contributed by atoms with Crippen molar-refractivity contribution in [2.45, 2.75) is 71.0 Å². The van der Waals surface area contributed by atoms with Crippen molar-refractivity contribution in [2.75, 3.05) is 10.8 Å². The maximum absolute atomic E-state index is 13.1. The third kappa shape index (κ3) is 8.88. The molecule has 2 heterocycles. The van der Waals surface area contributed by atoms with Gasteiger partial charge >= 0.3 is 5.97 Å². The molecule has 2 rings (SSSR count). The number of fused-ring (bicyclic) bond motifs is 7. The summed E-state index contributed by atoms with van der Waals surface area (Å²) in [5.74, 6) is -2.81. The van der Waals surface area contributed by atoms with Gasteiger partial charge in [-0.2, -0.15) is 11.8 Å². The average molecular weight is 541 g/mol. The number of ether oxygens (including phenoxy) is 1. The highest BCUT2D eigenvalue weighted by atomic mass is 32.2. The van der Waals surface area contributed by atoms with E-state index in [9.17, 15) is 24.0 Å². The fourth-order valence-corrected chi connectivity index (χ4v) is 5.59. The van der Waals surface area contributed by atoms with Crippen LogP contribution in [0.4, 0.5) is 0 Å². The van der Waals surface area contributed by atoms with Crippen LogP contribution in [0.3, 0.4) is 0 Å². The maximum atomic E-state index is 13.1. The molecule has 4 N–H and O–H groups in total. The summed E-state index contributed by atoms with van der Waals surface area (Å²) in [4.78, 5) is 65.2. The number of allylic oxidation sites excluding steroid dienone is 2. The van der Waals surface area contributed by atoms with Crippen molar-refractivity contribution in [1.29, 1.82) is 0 Å². The number of hydrogen-bond acceptors (Lipinski definition) is 8. The lowest BCUT2D eigenvalue weighted by Crippen LogP contribution is -2.56. The molecule has 0 spiro atoms. The smallest absolute Gasteiger partial charge is 0.329 e. The first-order valence-corrected chi connectivity index (χ1v) is 14.2. The first-order valence-electron chi connectivity index (χ1n) is 12.0. The van der Waals surface area contributed by atoms with Crippen LogP contribution in [-0.2, 0) is 28.7 Å². The van der Waals surface area contributed by atoms with Crippen LogP contribution in [-0.4, -0.2) is 64.0 Å². The van der Waals surface area contributed by atoms with Gasteiger partial charge in [0.1, 0.15) is 23.9 Å². The number of esters is 1. The summed E-state index contributed by atoms with van der Waals surface area (Å²) in [7, 11) is 0. The van der Waals surface area contributed by atoms with Crippen molar-refractivity contribution < 1.29 is 28.7 Å². The number of amides is 4. The molecule has 0 aromatic heterocycles. The molecule has 4 atom stereocenters. The van der Waals surface area contributed by atoms with E-state index in [1.165, 1.54) is 17.8 Å². The van der Waals surface area contributed by atoms with Crippen LogP contribution in [0.1, 0.15) is 47.5 Å². The Balaban J connectivity index is 2.55. The first kappa shape index (κ1) is 29.8. The molecule has 2 aliphatic rings. The molecule has 0 saturated carbocycles. The van der Waals surface area contributed by atoms with Crippen LogP contribution >= 0.6 is 23.5 Å². The van der Waals surface area contributed by atoms with E-state index in [4.69, 9.17) is 4.74 Å². The van der Waals surface area contributed by atoms with Gasteiger partial charge in [-0.1, -0.05) is 39.8 Å². The first-order chi connectivity index (χ1) is 17.0. The highest BCUT2D eigenvalue weighted by molar-refractivity contribution is 8.16. The van der Waals surface area contributed by atoms with E-state index in [-0.39, 0.29) is 24.0 Å². The maximum Gasteiger partial charge on any atom is 0.329 e.